The molecule has 4 aromatic carbocycles. The number of rotatable bonds is 13. The number of pyridine rings is 1. The Morgan fingerprint density at radius 2 is 1.54 bits per heavy atom. The van der Waals surface area contributed by atoms with Gasteiger partial charge in [0.15, 0.2) is 12.2 Å². The quantitative estimate of drug-likeness (QED) is 0.0748. The van der Waals surface area contributed by atoms with E-state index in [4.69, 9.17) is 6.58 Å². The summed E-state index contributed by atoms with van der Waals surface area (Å²) in [5.74, 6) is 0.801. The van der Waals surface area contributed by atoms with E-state index < -0.39 is 8.07 Å². The van der Waals surface area contributed by atoms with E-state index in [9.17, 15) is 0 Å². The molecule has 4 heteroatoms. The van der Waals surface area contributed by atoms with Crippen LogP contribution in [0, 0.1) is 0 Å². The standard InChI is InChI=1S/C48H56N3Si/c1-10-18-35(4)25-30-42-40-21-14-15-22-41(40)47-32-43(38-28-26-37(27-29-38)34(2)3)48(52(7,8)9)33-51(47)46(42)31-36(5)50(6)45-24-17-16-23-44(45)49-39-19-12-11-13-20-39/h10-24,26-29,32-34,42,46,49H,4-5,25,30-31H2,1-3,6-9H3/q+1/b18-10-. The van der Waals surface area contributed by atoms with Crippen LogP contribution in [0.15, 0.2) is 152 Å². The average Bonchev–Trinajstić information content (AvgIpc) is 3.14. The Labute approximate surface area is 314 Å². The van der Waals surface area contributed by atoms with E-state index in [-0.39, 0.29) is 6.04 Å². The molecule has 0 fully saturated rings. The summed E-state index contributed by atoms with van der Waals surface area (Å²) in [4.78, 5) is 2.28. The Kier molecular flexibility index (Phi) is 11.2. The van der Waals surface area contributed by atoms with Crippen molar-refractivity contribution in [2.75, 3.05) is 17.3 Å². The van der Waals surface area contributed by atoms with Crippen LogP contribution in [-0.4, -0.2) is 15.1 Å². The third-order valence-corrected chi connectivity index (χ3v) is 12.7. The second-order valence-electron chi connectivity index (χ2n) is 15.7. The van der Waals surface area contributed by atoms with Gasteiger partial charge in [-0.25, -0.2) is 0 Å². The number of hydrogen-bond acceptors (Lipinski definition) is 2. The maximum Gasteiger partial charge on any atom is 0.213 e. The Balaban J connectivity index is 1.47. The van der Waals surface area contributed by atoms with Crippen molar-refractivity contribution in [2.24, 2.45) is 0 Å². The topological polar surface area (TPSA) is 19.1 Å². The molecule has 0 bridgehead atoms. The van der Waals surface area contributed by atoms with Crippen LogP contribution in [0.25, 0.3) is 22.4 Å². The summed E-state index contributed by atoms with van der Waals surface area (Å²) in [6, 6.07) is 40.0. The first-order valence-electron chi connectivity index (χ1n) is 18.9. The van der Waals surface area contributed by atoms with Crippen LogP contribution in [0.3, 0.4) is 0 Å². The Morgan fingerprint density at radius 3 is 2.23 bits per heavy atom. The second kappa shape index (κ2) is 15.8. The largest absolute Gasteiger partial charge is 0.354 e. The lowest BCUT2D eigenvalue weighted by atomic mass is 9.78. The molecule has 2 atom stereocenters. The highest BCUT2D eigenvalue weighted by Gasteiger charge is 2.42. The van der Waals surface area contributed by atoms with Crippen LogP contribution in [-0.2, 0) is 0 Å². The fourth-order valence-electron chi connectivity index (χ4n) is 7.74. The van der Waals surface area contributed by atoms with E-state index in [1.54, 1.807) is 0 Å². The smallest absolute Gasteiger partial charge is 0.213 e. The zero-order valence-corrected chi connectivity index (χ0v) is 33.3. The zero-order chi connectivity index (χ0) is 37.0. The highest BCUT2D eigenvalue weighted by atomic mass is 28.3. The van der Waals surface area contributed by atoms with Gasteiger partial charge >= 0.3 is 0 Å². The van der Waals surface area contributed by atoms with Gasteiger partial charge in [0.05, 0.1) is 25.9 Å². The summed E-state index contributed by atoms with van der Waals surface area (Å²) in [6.07, 6.45) is 9.58. The molecule has 266 valence electrons. The minimum Gasteiger partial charge on any atom is -0.354 e. The van der Waals surface area contributed by atoms with Gasteiger partial charge in [-0.05, 0) is 78.3 Å². The molecular formula is C48H56N3Si+. The number of aromatic nitrogens is 1. The molecule has 6 rings (SSSR count). The van der Waals surface area contributed by atoms with Crippen LogP contribution in [0.5, 0.6) is 0 Å². The summed E-state index contributed by atoms with van der Waals surface area (Å²) in [5, 5.41) is 5.14. The van der Waals surface area contributed by atoms with Crippen molar-refractivity contribution >= 4 is 30.3 Å². The molecule has 5 aromatic rings. The van der Waals surface area contributed by atoms with Crippen LogP contribution < -0.4 is 20.0 Å². The number of hydrogen-bond donors (Lipinski definition) is 1. The van der Waals surface area contributed by atoms with Crippen molar-refractivity contribution < 1.29 is 4.57 Å². The molecular weight excluding hydrogens is 647 g/mol. The molecule has 1 aromatic heterocycles. The lowest BCUT2D eigenvalue weighted by molar-refractivity contribution is -0.717. The molecule has 52 heavy (non-hydrogen) atoms. The van der Waals surface area contributed by atoms with Gasteiger partial charge in [-0.15, -0.1) is 0 Å². The summed E-state index contributed by atoms with van der Waals surface area (Å²) in [6.45, 7) is 23.3. The van der Waals surface area contributed by atoms with Gasteiger partial charge < -0.3 is 10.2 Å². The number of allylic oxidation sites excluding steroid dienone is 4. The molecule has 1 N–H and O–H groups in total. The van der Waals surface area contributed by atoms with Gasteiger partial charge in [-0.2, -0.15) is 4.57 Å². The van der Waals surface area contributed by atoms with Crippen LogP contribution in [0.2, 0.25) is 19.6 Å². The molecule has 0 saturated heterocycles. The van der Waals surface area contributed by atoms with Crippen molar-refractivity contribution in [1.29, 1.82) is 0 Å². The third kappa shape index (κ3) is 7.93. The second-order valence-corrected chi connectivity index (χ2v) is 20.8. The monoisotopic (exact) mass is 702 g/mol. The van der Waals surface area contributed by atoms with Gasteiger partial charge in [0.1, 0.15) is 0 Å². The molecule has 0 amide bonds. The summed E-state index contributed by atoms with van der Waals surface area (Å²) in [5.41, 5.74) is 13.6. The van der Waals surface area contributed by atoms with Gasteiger partial charge in [-0.1, -0.05) is 137 Å². The average molecular weight is 703 g/mol. The lowest BCUT2D eigenvalue weighted by Gasteiger charge is -2.34. The number of anilines is 3. The van der Waals surface area contributed by atoms with E-state index in [1.165, 1.54) is 44.3 Å². The Morgan fingerprint density at radius 1 is 0.865 bits per heavy atom. The first-order valence-corrected chi connectivity index (χ1v) is 22.4. The molecule has 1 aliphatic heterocycles. The first kappa shape index (κ1) is 36.8. The van der Waals surface area contributed by atoms with Crippen molar-refractivity contribution in [2.45, 2.75) is 77.6 Å². The lowest BCUT2D eigenvalue weighted by Crippen LogP contribution is -2.53. The Hall–Kier alpha value is -4.93. The maximum absolute atomic E-state index is 4.78. The number of fused-ring (bicyclic) bond motifs is 3. The third-order valence-electron chi connectivity index (χ3n) is 10.7. The van der Waals surface area contributed by atoms with Crippen molar-refractivity contribution in [3.63, 3.8) is 0 Å². The number of benzene rings is 4. The van der Waals surface area contributed by atoms with Crippen molar-refractivity contribution in [3.8, 4) is 22.4 Å². The molecule has 2 heterocycles. The summed E-state index contributed by atoms with van der Waals surface area (Å²) in [7, 11) is 0.373. The van der Waals surface area contributed by atoms with Crippen LogP contribution in [0.1, 0.15) is 69.0 Å². The zero-order valence-electron chi connectivity index (χ0n) is 32.3. The fraction of sp³-hybridized carbons (Fsp3) is 0.271. The van der Waals surface area contributed by atoms with Gasteiger partial charge in [0.25, 0.3) is 0 Å². The predicted octanol–water partition coefficient (Wildman–Crippen LogP) is 12.3. The van der Waals surface area contributed by atoms with E-state index in [0.29, 0.717) is 11.8 Å². The van der Waals surface area contributed by atoms with Crippen molar-refractivity contribution in [1.82, 2.24) is 0 Å². The van der Waals surface area contributed by atoms with E-state index >= 15 is 0 Å². The highest BCUT2D eigenvalue weighted by molar-refractivity contribution is 6.89. The first-order chi connectivity index (χ1) is 25.0. The van der Waals surface area contributed by atoms with Crippen LogP contribution >= 0.6 is 0 Å². The minimum absolute atomic E-state index is 0.181. The molecule has 1 aliphatic rings. The Bertz CT molecular complexity index is 2070. The number of nitrogens with one attached hydrogen (secondary N) is 1. The summed E-state index contributed by atoms with van der Waals surface area (Å²) < 4.78 is 2.64. The van der Waals surface area contributed by atoms with E-state index in [1.807, 2.05) is 6.07 Å². The van der Waals surface area contributed by atoms with E-state index in [2.05, 4.69) is 190 Å². The number of nitrogens with zero attached hydrogens (tertiary/aromatic N) is 2. The van der Waals surface area contributed by atoms with Crippen LogP contribution in [0.4, 0.5) is 17.1 Å². The predicted molar refractivity (Wildman–Crippen MR) is 228 cm³/mol. The fourth-order valence-corrected chi connectivity index (χ4v) is 9.29. The molecule has 0 spiro atoms. The van der Waals surface area contributed by atoms with Crippen molar-refractivity contribution in [3.05, 3.63) is 163 Å². The molecule has 2 unspecified atom stereocenters. The van der Waals surface area contributed by atoms with Gasteiger partial charge in [0.2, 0.25) is 5.69 Å². The number of para-hydroxylation sites is 3. The molecule has 0 saturated carbocycles. The summed E-state index contributed by atoms with van der Waals surface area (Å²) >= 11 is 0. The highest BCUT2D eigenvalue weighted by Crippen LogP contribution is 2.45. The minimum atomic E-state index is -1.79. The molecule has 0 aliphatic carbocycles. The van der Waals surface area contributed by atoms with E-state index in [0.717, 1.165) is 42.0 Å². The van der Waals surface area contributed by atoms with Gasteiger partial charge in [-0.3, -0.25) is 0 Å². The normalized spacial score (nSPS) is 15.3. The van der Waals surface area contributed by atoms with Gasteiger partial charge in [0, 0.05) is 41.2 Å². The molecule has 0 radical (unpaired) electrons. The SMILES string of the molecule is C=C(/C=C\C)CCC1c2ccccc2-c2cc(-c3ccc(C(C)C)cc3)c([Si](C)(C)C)c[n+]2C1CC(=C)N(C)c1ccccc1Nc1ccccc1. The maximum atomic E-state index is 4.78. The molecule has 3 nitrogen and oxygen atoms in total.